The van der Waals surface area contributed by atoms with E-state index in [2.05, 4.69) is 26.1 Å². The van der Waals surface area contributed by atoms with Crippen LogP contribution in [0.15, 0.2) is 0 Å². The maximum absolute atomic E-state index is 5.98. The highest BCUT2D eigenvalue weighted by molar-refractivity contribution is 4.88. The van der Waals surface area contributed by atoms with Crippen molar-refractivity contribution in [1.29, 1.82) is 0 Å². The van der Waals surface area contributed by atoms with Crippen LogP contribution in [0.1, 0.15) is 46.5 Å². The van der Waals surface area contributed by atoms with Crippen LogP contribution in [0.25, 0.3) is 0 Å². The highest BCUT2D eigenvalue weighted by Gasteiger charge is 2.34. The van der Waals surface area contributed by atoms with Gasteiger partial charge in [-0.25, -0.2) is 0 Å². The van der Waals surface area contributed by atoms with Crippen LogP contribution in [0, 0.1) is 5.92 Å². The molecule has 1 saturated carbocycles. The molecular formula is C12H25NO. The van der Waals surface area contributed by atoms with E-state index < -0.39 is 0 Å². The predicted molar refractivity (Wildman–Crippen MR) is 60.5 cm³/mol. The summed E-state index contributed by atoms with van der Waals surface area (Å²) in [7, 11) is 0. The van der Waals surface area contributed by atoms with Crippen molar-refractivity contribution in [3.8, 4) is 0 Å². The maximum Gasteiger partial charge on any atom is 0.0808 e. The van der Waals surface area contributed by atoms with E-state index in [-0.39, 0.29) is 5.60 Å². The van der Waals surface area contributed by atoms with Gasteiger partial charge in [0.15, 0.2) is 0 Å². The standard InChI is InChI=1S/C12H25NO/c1-4-13-10-12(14-5-2)8-6-7-11(3)9-12/h11,13H,4-10H2,1-3H3. The molecule has 0 aromatic rings. The lowest BCUT2D eigenvalue weighted by atomic mass is 9.78. The molecule has 2 unspecified atom stereocenters. The van der Waals surface area contributed by atoms with Crippen molar-refractivity contribution >= 4 is 0 Å². The van der Waals surface area contributed by atoms with Crippen molar-refractivity contribution in [3.05, 3.63) is 0 Å². The van der Waals surface area contributed by atoms with E-state index in [4.69, 9.17) is 4.74 Å². The Kier molecular flexibility index (Phi) is 4.90. The second kappa shape index (κ2) is 5.72. The van der Waals surface area contributed by atoms with Gasteiger partial charge < -0.3 is 10.1 Å². The Balaban J connectivity index is 2.50. The summed E-state index contributed by atoms with van der Waals surface area (Å²) in [4.78, 5) is 0. The van der Waals surface area contributed by atoms with Gasteiger partial charge in [-0.2, -0.15) is 0 Å². The van der Waals surface area contributed by atoms with Crippen LogP contribution in [-0.2, 0) is 4.74 Å². The molecule has 1 aliphatic rings. The van der Waals surface area contributed by atoms with Gasteiger partial charge in [-0.15, -0.1) is 0 Å². The van der Waals surface area contributed by atoms with Crippen LogP contribution < -0.4 is 5.32 Å². The first-order valence-corrected chi connectivity index (χ1v) is 6.07. The van der Waals surface area contributed by atoms with Crippen LogP contribution in [0.5, 0.6) is 0 Å². The molecule has 0 aromatic heterocycles. The van der Waals surface area contributed by atoms with Gasteiger partial charge in [-0.3, -0.25) is 0 Å². The van der Waals surface area contributed by atoms with Crippen molar-refractivity contribution in [2.75, 3.05) is 19.7 Å². The minimum Gasteiger partial charge on any atom is -0.374 e. The van der Waals surface area contributed by atoms with E-state index in [0.717, 1.165) is 25.6 Å². The summed E-state index contributed by atoms with van der Waals surface area (Å²) < 4.78 is 5.98. The molecule has 1 rings (SSSR count). The fourth-order valence-electron chi connectivity index (χ4n) is 2.61. The average molecular weight is 199 g/mol. The van der Waals surface area contributed by atoms with E-state index >= 15 is 0 Å². The molecule has 0 aromatic carbocycles. The molecule has 0 saturated heterocycles. The fourth-order valence-corrected chi connectivity index (χ4v) is 2.61. The fraction of sp³-hybridized carbons (Fsp3) is 1.00. The van der Waals surface area contributed by atoms with E-state index in [1.54, 1.807) is 0 Å². The van der Waals surface area contributed by atoms with E-state index in [1.807, 2.05) is 0 Å². The largest absolute Gasteiger partial charge is 0.374 e. The van der Waals surface area contributed by atoms with E-state index in [1.165, 1.54) is 25.7 Å². The Morgan fingerprint density at radius 1 is 1.43 bits per heavy atom. The third-order valence-corrected chi connectivity index (χ3v) is 3.20. The zero-order valence-corrected chi connectivity index (χ0v) is 9.94. The minimum atomic E-state index is 0.141. The number of hydrogen-bond acceptors (Lipinski definition) is 2. The Morgan fingerprint density at radius 3 is 2.79 bits per heavy atom. The molecule has 14 heavy (non-hydrogen) atoms. The van der Waals surface area contributed by atoms with Gasteiger partial charge >= 0.3 is 0 Å². The Bertz CT molecular complexity index is 156. The zero-order valence-electron chi connectivity index (χ0n) is 9.94. The summed E-state index contributed by atoms with van der Waals surface area (Å²) in [6.07, 6.45) is 5.17. The van der Waals surface area contributed by atoms with Crippen LogP contribution in [-0.4, -0.2) is 25.3 Å². The van der Waals surface area contributed by atoms with Crippen LogP contribution >= 0.6 is 0 Å². The van der Waals surface area contributed by atoms with Gasteiger partial charge in [0.1, 0.15) is 0 Å². The molecule has 0 amide bonds. The lowest BCUT2D eigenvalue weighted by Gasteiger charge is -2.40. The summed E-state index contributed by atoms with van der Waals surface area (Å²) in [6.45, 7) is 9.53. The van der Waals surface area contributed by atoms with Gasteiger partial charge in [0.2, 0.25) is 0 Å². The predicted octanol–water partition coefficient (Wildman–Crippen LogP) is 2.58. The van der Waals surface area contributed by atoms with E-state index in [0.29, 0.717) is 0 Å². The second-order valence-electron chi connectivity index (χ2n) is 4.60. The summed E-state index contributed by atoms with van der Waals surface area (Å²) in [5.41, 5.74) is 0.141. The third kappa shape index (κ3) is 3.25. The molecular weight excluding hydrogens is 174 g/mol. The highest BCUT2D eigenvalue weighted by Crippen LogP contribution is 2.34. The van der Waals surface area contributed by atoms with Gasteiger partial charge in [0.25, 0.3) is 0 Å². The molecule has 2 heteroatoms. The van der Waals surface area contributed by atoms with Crippen LogP contribution in [0.2, 0.25) is 0 Å². The summed E-state index contributed by atoms with van der Waals surface area (Å²) in [5.74, 6) is 0.828. The van der Waals surface area contributed by atoms with Crippen LogP contribution in [0.4, 0.5) is 0 Å². The number of likely N-dealkylation sites (N-methyl/N-ethyl adjacent to an activating group) is 1. The molecule has 0 bridgehead atoms. The van der Waals surface area contributed by atoms with Crippen molar-refractivity contribution in [3.63, 3.8) is 0 Å². The molecule has 1 fully saturated rings. The zero-order chi connectivity index (χ0) is 10.4. The average Bonchev–Trinajstić information content (AvgIpc) is 2.15. The molecule has 1 aliphatic carbocycles. The van der Waals surface area contributed by atoms with Crippen molar-refractivity contribution < 1.29 is 4.74 Å². The first-order chi connectivity index (χ1) is 6.72. The summed E-state index contributed by atoms with van der Waals surface area (Å²) >= 11 is 0. The molecule has 0 radical (unpaired) electrons. The molecule has 2 nitrogen and oxygen atoms in total. The smallest absolute Gasteiger partial charge is 0.0808 e. The van der Waals surface area contributed by atoms with Crippen molar-refractivity contribution in [2.24, 2.45) is 5.92 Å². The Morgan fingerprint density at radius 2 is 2.21 bits per heavy atom. The lowest BCUT2D eigenvalue weighted by Crippen LogP contribution is -2.46. The summed E-state index contributed by atoms with van der Waals surface area (Å²) in [5, 5.41) is 3.44. The van der Waals surface area contributed by atoms with E-state index in [9.17, 15) is 0 Å². The van der Waals surface area contributed by atoms with Gasteiger partial charge in [-0.1, -0.05) is 26.7 Å². The maximum atomic E-state index is 5.98. The van der Waals surface area contributed by atoms with Crippen LogP contribution in [0.3, 0.4) is 0 Å². The molecule has 0 spiro atoms. The second-order valence-corrected chi connectivity index (χ2v) is 4.60. The number of nitrogens with one attached hydrogen (secondary N) is 1. The Labute approximate surface area is 88.4 Å². The molecule has 1 N–H and O–H groups in total. The molecule has 0 aliphatic heterocycles. The van der Waals surface area contributed by atoms with Gasteiger partial charge in [0.05, 0.1) is 5.60 Å². The number of rotatable bonds is 5. The lowest BCUT2D eigenvalue weighted by molar-refractivity contribution is -0.0738. The number of ether oxygens (including phenoxy) is 1. The summed E-state index contributed by atoms with van der Waals surface area (Å²) in [6, 6.07) is 0. The normalized spacial score (nSPS) is 33.2. The van der Waals surface area contributed by atoms with Gasteiger partial charge in [-0.05, 0) is 32.2 Å². The highest BCUT2D eigenvalue weighted by atomic mass is 16.5. The minimum absolute atomic E-state index is 0.141. The van der Waals surface area contributed by atoms with Crippen molar-refractivity contribution in [2.45, 2.75) is 52.1 Å². The first-order valence-electron chi connectivity index (χ1n) is 6.07. The molecule has 2 atom stereocenters. The topological polar surface area (TPSA) is 21.3 Å². The quantitative estimate of drug-likeness (QED) is 0.735. The number of hydrogen-bond donors (Lipinski definition) is 1. The van der Waals surface area contributed by atoms with Gasteiger partial charge in [0, 0.05) is 13.2 Å². The SMILES string of the molecule is CCNCC1(OCC)CCCC(C)C1. The Hall–Kier alpha value is -0.0800. The first kappa shape index (κ1) is 12.0. The molecule has 84 valence electrons. The molecule has 0 heterocycles. The third-order valence-electron chi connectivity index (χ3n) is 3.20. The monoisotopic (exact) mass is 199 g/mol. The van der Waals surface area contributed by atoms with Crippen molar-refractivity contribution in [1.82, 2.24) is 5.32 Å².